The van der Waals surface area contributed by atoms with Crippen molar-refractivity contribution >= 4 is 23.1 Å². The van der Waals surface area contributed by atoms with E-state index in [2.05, 4.69) is 88.3 Å². The molecule has 2 heterocycles. The number of fused-ring (bicyclic) bond motifs is 1. The molecule has 0 atom stereocenters. The molecule has 6 heteroatoms. The molecular formula is C39H47N5O. The fourth-order valence-corrected chi connectivity index (χ4v) is 3.75. The first-order valence-electron chi connectivity index (χ1n) is 15.1. The van der Waals surface area contributed by atoms with Gasteiger partial charge < -0.3 is 4.74 Å². The highest BCUT2D eigenvalue weighted by Crippen LogP contribution is 2.19. The number of aromatic nitrogens is 5. The highest BCUT2D eigenvalue weighted by atomic mass is 16.5. The molecule has 3 aromatic carbocycles. The summed E-state index contributed by atoms with van der Waals surface area (Å²) in [6.07, 6.45) is 10.3. The zero-order valence-corrected chi connectivity index (χ0v) is 27.4. The van der Waals surface area contributed by atoms with Crippen molar-refractivity contribution in [1.82, 2.24) is 25.6 Å². The van der Waals surface area contributed by atoms with Crippen LogP contribution in [0.4, 0.5) is 0 Å². The van der Waals surface area contributed by atoms with Gasteiger partial charge in [0.25, 0.3) is 0 Å². The van der Waals surface area contributed by atoms with Crippen LogP contribution in [0, 0.1) is 0 Å². The van der Waals surface area contributed by atoms with Crippen molar-refractivity contribution in [2.75, 3.05) is 0 Å². The fourth-order valence-electron chi connectivity index (χ4n) is 3.75. The van der Waals surface area contributed by atoms with E-state index in [-0.39, 0.29) is 0 Å². The third kappa shape index (κ3) is 13.7. The van der Waals surface area contributed by atoms with Gasteiger partial charge in [0.1, 0.15) is 12.4 Å². The molecule has 0 saturated heterocycles. The third-order valence-electron chi connectivity index (χ3n) is 5.87. The van der Waals surface area contributed by atoms with Crippen LogP contribution in [0.5, 0.6) is 5.75 Å². The summed E-state index contributed by atoms with van der Waals surface area (Å²) >= 11 is 0. The lowest BCUT2D eigenvalue weighted by Gasteiger charge is -2.07. The van der Waals surface area contributed by atoms with Gasteiger partial charge in [-0.25, -0.2) is 4.98 Å². The zero-order valence-electron chi connectivity index (χ0n) is 27.4. The Morgan fingerprint density at radius 1 is 0.822 bits per heavy atom. The van der Waals surface area contributed by atoms with Gasteiger partial charge in [-0.3, -0.25) is 0 Å². The number of nitrogens with zero attached hydrogens (tertiary/aromatic N) is 4. The summed E-state index contributed by atoms with van der Waals surface area (Å²) < 4.78 is 5.93. The summed E-state index contributed by atoms with van der Waals surface area (Å²) in [5.74, 6) is 1.49. The molecular weight excluding hydrogens is 554 g/mol. The molecule has 45 heavy (non-hydrogen) atoms. The van der Waals surface area contributed by atoms with Crippen molar-refractivity contribution in [2.24, 2.45) is 0 Å². The van der Waals surface area contributed by atoms with Crippen LogP contribution in [0.2, 0.25) is 0 Å². The molecule has 6 nitrogen and oxygen atoms in total. The van der Waals surface area contributed by atoms with Crippen LogP contribution in [0.25, 0.3) is 23.1 Å². The van der Waals surface area contributed by atoms with Crippen molar-refractivity contribution < 1.29 is 4.74 Å². The second kappa shape index (κ2) is 23.1. The van der Waals surface area contributed by atoms with Crippen LogP contribution in [-0.2, 0) is 13.0 Å². The van der Waals surface area contributed by atoms with Gasteiger partial charge in [0.05, 0.1) is 11.2 Å². The topological polar surface area (TPSA) is 76.6 Å². The summed E-state index contributed by atoms with van der Waals surface area (Å²) in [7, 11) is 0. The summed E-state index contributed by atoms with van der Waals surface area (Å²) in [5, 5.41) is 15.3. The zero-order chi connectivity index (χ0) is 33.3. The third-order valence-corrected chi connectivity index (χ3v) is 5.87. The maximum Gasteiger partial charge on any atom is 0.178 e. The molecule has 5 rings (SSSR count). The summed E-state index contributed by atoms with van der Waals surface area (Å²) in [4.78, 5) is 4.65. The van der Waals surface area contributed by atoms with E-state index in [4.69, 9.17) is 4.74 Å². The number of aromatic amines is 1. The van der Waals surface area contributed by atoms with E-state index in [1.165, 1.54) is 0 Å². The van der Waals surface area contributed by atoms with Crippen molar-refractivity contribution in [1.29, 1.82) is 0 Å². The van der Waals surface area contributed by atoms with E-state index in [9.17, 15) is 0 Å². The van der Waals surface area contributed by atoms with Crippen LogP contribution < -0.4 is 4.74 Å². The molecule has 0 unspecified atom stereocenters. The minimum atomic E-state index is 0.434. The lowest BCUT2D eigenvalue weighted by molar-refractivity contribution is 0.302. The van der Waals surface area contributed by atoms with E-state index in [1.807, 2.05) is 101 Å². The first-order chi connectivity index (χ1) is 22.1. The Labute approximate surface area is 269 Å². The molecule has 0 saturated carbocycles. The number of rotatable bonds is 9. The van der Waals surface area contributed by atoms with Gasteiger partial charge >= 0.3 is 0 Å². The van der Waals surface area contributed by atoms with Gasteiger partial charge in [0.15, 0.2) is 5.82 Å². The highest BCUT2D eigenvalue weighted by Gasteiger charge is 2.04. The van der Waals surface area contributed by atoms with E-state index < -0.39 is 0 Å². The lowest BCUT2D eigenvalue weighted by atomic mass is 10.0. The van der Waals surface area contributed by atoms with Gasteiger partial charge in [0.2, 0.25) is 0 Å². The Bertz CT molecular complexity index is 1590. The number of allylic oxidation sites excluding steroid dienone is 4. The lowest BCUT2D eigenvalue weighted by Crippen LogP contribution is -1.98. The molecule has 5 aromatic rings. The summed E-state index contributed by atoms with van der Waals surface area (Å²) in [5.41, 5.74) is 6.40. The minimum Gasteiger partial charge on any atom is -0.487 e. The van der Waals surface area contributed by atoms with Crippen LogP contribution in [0.15, 0.2) is 135 Å². The second-order valence-electron chi connectivity index (χ2n) is 8.74. The maximum atomic E-state index is 5.93. The Hall–Kier alpha value is -5.36. The Kier molecular flexibility index (Phi) is 19.4. The molecule has 234 valence electrons. The molecule has 0 bridgehead atoms. The second-order valence-corrected chi connectivity index (χ2v) is 8.74. The first-order valence-corrected chi connectivity index (χ1v) is 15.1. The van der Waals surface area contributed by atoms with E-state index in [0.29, 0.717) is 18.9 Å². The summed E-state index contributed by atoms with van der Waals surface area (Å²) in [6, 6.07) is 28.4. The van der Waals surface area contributed by atoms with Crippen molar-refractivity contribution in [3.63, 3.8) is 0 Å². The minimum absolute atomic E-state index is 0.434. The predicted octanol–water partition coefficient (Wildman–Crippen LogP) is 10.2. The molecule has 0 amide bonds. The molecule has 2 aromatic heterocycles. The van der Waals surface area contributed by atoms with Gasteiger partial charge in [-0.15, -0.1) is 23.4 Å². The first kappa shape index (κ1) is 37.7. The number of benzene rings is 3. The van der Waals surface area contributed by atoms with E-state index in [0.717, 1.165) is 44.6 Å². The number of pyridine rings is 1. The number of tetrazole rings is 1. The Balaban J connectivity index is 0.000000674. The molecule has 1 N–H and O–H groups in total. The van der Waals surface area contributed by atoms with Gasteiger partial charge in [-0.1, -0.05) is 143 Å². The number of para-hydroxylation sites is 1. The monoisotopic (exact) mass is 601 g/mol. The smallest absolute Gasteiger partial charge is 0.178 e. The molecule has 0 aliphatic heterocycles. The van der Waals surface area contributed by atoms with Gasteiger partial charge in [0, 0.05) is 11.8 Å². The predicted molar refractivity (Wildman–Crippen MR) is 193 cm³/mol. The average molecular weight is 602 g/mol. The van der Waals surface area contributed by atoms with Crippen LogP contribution in [-0.4, -0.2) is 25.6 Å². The number of H-pyrrole nitrogens is 1. The molecule has 0 radical (unpaired) electrons. The summed E-state index contributed by atoms with van der Waals surface area (Å²) in [6.45, 7) is 23.5. The van der Waals surface area contributed by atoms with Crippen LogP contribution >= 0.6 is 0 Å². The van der Waals surface area contributed by atoms with E-state index >= 15 is 0 Å². The standard InChI is InChI=1S/C26H21N5O.C7H10.2C2H6.C2H4/c1-2-7-22(17-26-28-30-31-29-26)20(5-1)12-9-19-10-15-24(16-11-19)32-18-23-14-13-21-6-3-4-8-25(21)27-23;1-4-6-7(3)5-2;3*1-2/h1-16H,17-18H2,(H,28,29,30,31);4-6H,1-2H2,3H3;2*1-2H3;1-2H2/b12-9+;7-6+;;;. The van der Waals surface area contributed by atoms with Crippen molar-refractivity contribution in [3.05, 3.63) is 163 Å². The largest absolute Gasteiger partial charge is 0.487 e. The van der Waals surface area contributed by atoms with Crippen molar-refractivity contribution in [3.8, 4) is 5.75 Å². The van der Waals surface area contributed by atoms with Gasteiger partial charge in [-0.05, 0) is 47.9 Å². The van der Waals surface area contributed by atoms with Crippen LogP contribution in [0.3, 0.4) is 0 Å². The van der Waals surface area contributed by atoms with Crippen LogP contribution in [0.1, 0.15) is 62.8 Å². The van der Waals surface area contributed by atoms with Gasteiger partial charge in [-0.2, -0.15) is 5.21 Å². The Morgan fingerprint density at radius 3 is 2.16 bits per heavy atom. The molecule has 0 fully saturated rings. The average Bonchev–Trinajstić information content (AvgIpc) is 3.63. The molecule has 0 aliphatic carbocycles. The van der Waals surface area contributed by atoms with Crippen molar-refractivity contribution in [2.45, 2.75) is 47.6 Å². The molecule has 0 aliphatic rings. The fraction of sp³-hybridized carbons (Fsp3) is 0.179. The maximum absolute atomic E-state index is 5.93. The number of nitrogens with one attached hydrogen (secondary N) is 1. The normalized spacial score (nSPS) is 10.0. The number of ether oxygens (including phenoxy) is 1. The number of hydrogen-bond donors (Lipinski definition) is 1. The number of hydrogen-bond acceptors (Lipinski definition) is 5. The SMILES string of the molecule is C(=C\c1ccccc1Cc1nn[nH]n1)/c1ccc(OCc2ccc3ccccc3n2)cc1.C=C.C=C/C=C(\C)C=C.CC.CC. The Morgan fingerprint density at radius 2 is 1.51 bits per heavy atom. The molecule has 0 spiro atoms. The highest BCUT2D eigenvalue weighted by molar-refractivity contribution is 5.78. The van der Waals surface area contributed by atoms with E-state index in [1.54, 1.807) is 12.2 Å². The quantitative estimate of drug-likeness (QED) is 0.103.